The fourth-order valence-corrected chi connectivity index (χ4v) is 1.46. The quantitative estimate of drug-likeness (QED) is 0.522. The van der Waals surface area contributed by atoms with E-state index in [1.165, 1.54) is 0 Å². The third kappa shape index (κ3) is 1.94. The van der Waals surface area contributed by atoms with Crippen molar-refractivity contribution in [1.29, 1.82) is 0 Å². The average molecular weight is 216 g/mol. The van der Waals surface area contributed by atoms with Crippen molar-refractivity contribution in [1.82, 2.24) is 10.2 Å². The molecule has 1 aromatic heterocycles. The summed E-state index contributed by atoms with van der Waals surface area (Å²) in [6, 6.07) is 8.63. The highest BCUT2D eigenvalue weighted by atomic mass is 16.3. The number of aromatic nitrogens is 2. The largest absolute Gasteiger partial charge is 0.508 e. The third-order valence-electron chi connectivity index (χ3n) is 2.27. The number of phenols is 1. The number of nitrogens with two attached hydrogens (primary N) is 1. The lowest BCUT2D eigenvalue weighted by Gasteiger charge is -2.06. The molecule has 2 aromatic rings. The van der Waals surface area contributed by atoms with Gasteiger partial charge in [-0.25, -0.2) is 5.84 Å². The maximum Gasteiger partial charge on any atom is 0.162 e. The Morgan fingerprint density at radius 1 is 1.19 bits per heavy atom. The highest BCUT2D eigenvalue weighted by molar-refractivity contribution is 5.64. The number of phenolic OH excluding ortho intramolecular Hbond substituents is 1. The molecule has 0 bridgehead atoms. The topological polar surface area (TPSA) is 84.1 Å². The molecule has 5 nitrogen and oxygen atoms in total. The summed E-state index contributed by atoms with van der Waals surface area (Å²) in [5.74, 6) is 6.00. The Kier molecular flexibility index (Phi) is 2.70. The van der Waals surface area contributed by atoms with E-state index in [2.05, 4.69) is 15.6 Å². The number of nitrogen functional groups attached to an aromatic ring is 1. The van der Waals surface area contributed by atoms with Gasteiger partial charge in [0, 0.05) is 5.56 Å². The van der Waals surface area contributed by atoms with Gasteiger partial charge in [-0.1, -0.05) is 0 Å². The molecular formula is C11H12N4O. The molecule has 5 heteroatoms. The molecule has 0 radical (unpaired) electrons. The maximum absolute atomic E-state index is 9.19. The van der Waals surface area contributed by atoms with Gasteiger partial charge >= 0.3 is 0 Å². The van der Waals surface area contributed by atoms with Gasteiger partial charge in [-0.3, -0.25) is 0 Å². The minimum Gasteiger partial charge on any atom is -0.508 e. The van der Waals surface area contributed by atoms with Crippen LogP contribution >= 0.6 is 0 Å². The highest BCUT2D eigenvalue weighted by Crippen LogP contribution is 2.23. The van der Waals surface area contributed by atoms with Crippen LogP contribution in [0.15, 0.2) is 30.3 Å². The van der Waals surface area contributed by atoms with Gasteiger partial charge in [-0.2, -0.15) is 0 Å². The van der Waals surface area contributed by atoms with E-state index in [1.807, 2.05) is 13.0 Å². The average Bonchev–Trinajstić information content (AvgIpc) is 2.30. The minimum atomic E-state index is 0.231. The number of hydrogen-bond donors (Lipinski definition) is 3. The zero-order valence-corrected chi connectivity index (χ0v) is 8.81. The molecule has 0 atom stereocenters. The molecule has 1 heterocycles. The SMILES string of the molecule is Cc1cc(NN)nnc1-c1ccc(O)cc1. The van der Waals surface area contributed by atoms with Crippen molar-refractivity contribution in [2.75, 3.05) is 5.43 Å². The van der Waals surface area contributed by atoms with Crippen molar-refractivity contribution in [3.8, 4) is 17.0 Å². The number of hydrazine groups is 1. The Hall–Kier alpha value is -2.14. The summed E-state index contributed by atoms with van der Waals surface area (Å²) in [5, 5.41) is 17.2. The number of anilines is 1. The van der Waals surface area contributed by atoms with E-state index in [-0.39, 0.29) is 5.75 Å². The molecule has 82 valence electrons. The van der Waals surface area contributed by atoms with E-state index in [1.54, 1.807) is 24.3 Å². The first-order valence-corrected chi connectivity index (χ1v) is 4.81. The van der Waals surface area contributed by atoms with Gasteiger partial charge in [-0.15, -0.1) is 10.2 Å². The van der Waals surface area contributed by atoms with Crippen LogP contribution in [-0.4, -0.2) is 15.3 Å². The minimum absolute atomic E-state index is 0.231. The highest BCUT2D eigenvalue weighted by Gasteiger charge is 2.05. The van der Waals surface area contributed by atoms with Crippen molar-refractivity contribution in [3.63, 3.8) is 0 Å². The summed E-state index contributed by atoms with van der Waals surface area (Å²) in [6.45, 7) is 1.93. The zero-order valence-electron chi connectivity index (χ0n) is 8.81. The monoisotopic (exact) mass is 216 g/mol. The predicted octanol–water partition coefficient (Wildman–Crippen LogP) is 1.44. The van der Waals surface area contributed by atoms with Crippen molar-refractivity contribution in [3.05, 3.63) is 35.9 Å². The number of hydrogen-bond acceptors (Lipinski definition) is 5. The molecule has 0 spiro atoms. The fraction of sp³-hybridized carbons (Fsp3) is 0.0909. The molecule has 0 aliphatic carbocycles. The lowest BCUT2D eigenvalue weighted by atomic mass is 10.1. The van der Waals surface area contributed by atoms with Gasteiger partial charge in [0.15, 0.2) is 5.82 Å². The van der Waals surface area contributed by atoms with E-state index >= 15 is 0 Å². The molecule has 2 rings (SSSR count). The molecule has 0 unspecified atom stereocenters. The number of nitrogens with one attached hydrogen (secondary N) is 1. The zero-order chi connectivity index (χ0) is 11.5. The van der Waals surface area contributed by atoms with Gasteiger partial charge in [0.05, 0.1) is 5.69 Å². The maximum atomic E-state index is 9.19. The molecule has 0 aliphatic heterocycles. The van der Waals surface area contributed by atoms with Gasteiger partial charge in [0.1, 0.15) is 5.75 Å². The molecule has 1 aromatic carbocycles. The standard InChI is InChI=1S/C11H12N4O/c1-7-6-10(13-12)14-15-11(7)8-2-4-9(16)5-3-8/h2-6,16H,12H2,1H3,(H,13,14). The Labute approximate surface area is 92.9 Å². The Bertz CT molecular complexity index is 496. The summed E-state index contributed by atoms with van der Waals surface area (Å²) in [6.07, 6.45) is 0. The molecule has 0 fully saturated rings. The first-order valence-electron chi connectivity index (χ1n) is 4.81. The van der Waals surface area contributed by atoms with Crippen molar-refractivity contribution in [2.24, 2.45) is 5.84 Å². The summed E-state index contributed by atoms with van der Waals surface area (Å²) < 4.78 is 0. The molecule has 4 N–H and O–H groups in total. The van der Waals surface area contributed by atoms with Crippen LogP contribution in [0, 0.1) is 6.92 Å². The normalized spacial score (nSPS) is 10.1. The van der Waals surface area contributed by atoms with Gasteiger partial charge < -0.3 is 10.5 Å². The number of rotatable bonds is 2. The first kappa shape index (κ1) is 10.4. The van der Waals surface area contributed by atoms with Gasteiger partial charge in [-0.05, 0) is 42.8 Å². The molecule has 0 amide bonds. The van der Waals surface area contributed by atoms with E-state index in [0.29, 0.717) is 5.82 Å². The van der Waals surface area contributed by atoms with Crippen molar-refractivity contribution < 1.29 is 5.11 Å². The number of nitrogens with zero attached hydrogens (tertiary/aromatic N) is 2. The van der Waals surface area contributed by atoms with Crippen molar-refractivity contribution >= 4 is 5.82 Å². The molecular weight excluding hydrogens is 204 g/mol. The molecule has 0 saturated heterocycles. The van der Waals surface area contributed by atoms with Crippen LogP contribution in [0.5, 0.6) is 5.75 Å². The van der Waals surface area contributed by atoms with Crippen LogP contribution in [0.1, 0.15) is 5.56 Å². The van der Waals surface area contributed by atoms with Crippen LogP contribution in [0.4, 0.5) is 5.82 Å². The van der Waals surface area contributed by atoms with E-state index < -0.39 is 0 Å². The number of aryl methyl sites for hydroxylation is 1. The second-order valence-corrected chi connectivity index (χ2v) is 3.45. The van der Waals surface area contributed by atoms with Gasteiger partial charge in [0.2, 0.25) is 0 Å². The third-order valence-corrected chi connectivity index (χ3v) is 2.27. The first-order chi connectivity index (χ1) is 7.70. The predicted molar refractivity (Wildman–Crippen MR) is 61.7 cm³/mol. The van der Waals surface area contributed by atoms with Crippen LogP contribution < -0.4 is 11.3 Å². The summed E-state index contributed by atoms with van der Waals surface area (Å²) in [5.41, 5.74) is 5.09. The Balaban J connectivity index is 2.44. The summed E-state index contributed by atoms with van der Waals surface area (Å²) in [7, 11) is 0. The Morgan fingerprint density at radius 3 is 2.44 bits per heavy atom. The fourth-order valence-electron chi connectivity index (χ4n) is 1.46. The lowest BCUT2D eigenvalue weighted by Crippen LogP contribution is -2.09. The number of aromatic hydroxyl groups is 1. The van der Waals surface area contributed by atoms with Crippen LogP contribution in [0.2, 0.25) is 0 Å². The van der Waals surface area contributed by atoms with Crippen LogP contribution in [-0.2, 0) is 0 Å². The Morgan fingerprint density at radius 2 is 1.88 bits per heavy atom. The molecule has 0 aliphatic rings. The molecule has 16 heavy (non-hydrogen) atoms. The van der Waals surface area contributed by atoms with Crippen LogP contribution in [0.3, 0.4) is 0 Å². The smallest absolute Gasteiger partial charge is 0.162 e. The van der Waals surface area contributed by atoms with Crippen molar-refractivity contribution in [2.45, 2.75) is 6.92 Å². The van der Waals surface area contributed by atoms with E-state index in [9.17, 15) is 5.11 Å². The van der Waals surface area contributed by atoms with E-state index in [4.69, 9.17) is 5.84 Å². The van der Waals surface area contributed by atoms with Gasteiger partial charge in [0.25, 0.3) is 0 Å². The molecule has 0 saturated carbocycles. The van der Waals surface area contributed by atoms with E-state index in [0.717, 1.165) is 16.8 Å². The second-order valence-electron chi connectivity index (χ2n) is 3.45. The summed E-state index contributed by atoms with van der Waals surface area (Å²) >= 11 is 0. The second kappa shape index (κ2) is 4.16. The lowest BCUT2D eigenvalue weighted by molar-refractivity contribution is 0.475. The van der Waals surface area contributed by atoms with Crippen LogP contribution in [0.25, 0.3) is 11.3 Å². The summed E-state index contributed by atoms with van der Waals surface area (Å²) in [4.78, 5) is 0. The number of benzene rings is 1.